The first-order valence-electron chi connectivity index (χ1n) is 4.91. The average molecular weight is 223 g/mol. The molecule has 15 heavy (non-hydrogen) atoms. The molecule has 2 heterocycles. The van der Waals surface area contributed by atoms with Crippen LogP contribution in [0, 0.1) is 0 Å². The van der Waals surface area contributed by atoms with Crippen LogP contribution in [0.3, 0.4) is 0 Å². The number of nitrogens with zero attached hydrogens (tertiary/aromatic N) is 2. The number of rotatable bonds is 4. The van der Waals surface area contributed by atoms with Gasteiger partial charge in [-0.25, -0.2) is 9.97 Å². The number of anilines is 1. The Balaban J connectivity index is 2.17. The predicted molar refractivity (Wildman–Crippen MR) is 62.2 cm³/mol. The van der Waals surface area contributed by atoms with Gasteiger partial charge in [0.25, 0.3) is 0 Å². The lowest BCUT2D eigenvalue weighted by Gasteiger charge is -2.10. The second kappa shape index (κ2) is 4.55. The van der Waals surface area contributed by atoms with Crippen LogP contribution in [0.1, 0.15) is 13.3 Å². The Morgan fingerprint density at radius 3 is 3.20 bits per heavy atom. The first kappa shape index (κ1) is 10.3. The molecule has 0 radical (unpaired) electrons. The lowest BCUT2D eigenvalue weighted by molar-refractivity contribution is 0.183. The summed E-state index contributed by atoms with van der Waals surface area (Å²) >= 11 is 1.59. The molecule has 0 saturated heterocycles. The van der Waals surface area contributed by atoms with Crippen LogP contribution in [0.5, 0.6) is 0 Å². The van der Waals surface area contributed by atoms with Crippen LogP contribution < -0.4 is 5.32 Å². The zero-order valence-corrected chi connectivity index (χ0v) is 9.29. The summed E-state index contributed by atoms with van der Waals surface area (Å²) in [6, 6.07) is 1.99. The van der Waals surface area contributed by atoms with Gasteiger partial charge < -0.3 is 10.4 Å². The maximum Gasteiger partial charge on any atom is 0.138 e. The molecule has 0 bridgehead atoms. The maximum atomic E-state index is 9.44. The standard InChI is InChI=1S/C10H13N3OS/c1-2-7(14)5-11-9-8-3-4-15-10(8)13-6-12-9/h3-4,6-7,14H,2,5H2,1H3,(H,11,12,13). The minimum atomic E-state index is -0.325. The van der Waals surface area contributed by atoms with Crippen LogP contribution in [0.25, 0.3) is 10.2 Å². The Labute approximate surface area is 92.0 Å². The van der Waals surface area contributed by atoms with Gasteiger partial charge in [-0.15, -0.1) is 11.3 Å². The SMILES string of the molecule is CCC(O)CNc1ncnc2sccc12. The van der Waals surface area contributed by atoms with E-state index in [4.69, 9.17) is 0 Å². The molecule has 80 valence electrons. The molecule has 5 heteroatoms. The third kappa shape index (κ3) is 2.24. The Kier molecular flexibility index (Phi) is 3.13. The molecule has 0 aliphatic carbocycles. The fourth-order valence-corrected chi connectivity index (χ4v) is 2.02. The third-order valence-electron chi connectivity index (χ3n) is 2.24. The Hall–Kier alpha value is -1.20. The van der Waals surface area contributed by atoms with E-state index in [9.17, 15) is 5.11 Å². The number of fused-ring (bicyclic) bond motifs is 1. The van der Waals surface area contributed by atoms with Gasteiger partial charge in [0.15, 0.2) is 0 Å². The highest BCUT2D eigenvalue weighted by molar-refractivity contribution is 7.16. The zero-order valence-electron chi connectivity index (χ0n) is 8.47. The largest absolute Gasteiger partial charge is 0.391 e. The van der Waals surface area contributed by atoms with Crippen molar-refractivity contribution in [1.82, 2.24) is 9.97 Å². The monoisotopic (exact) mass is 223 g/mol. The number of hydrogen-bond donors (Lipinski definition) is 2. The van der Waals surface area contributed by atoms with E-state index < -0.39 is 0 Å². The minimum Gasteiger partial charge on any atom is -0.391 e. The molecule has 0 aliphatic rings. The molecule has 2 aromatic heterocycles. The molecule has 0 fully saturated rings. The summed E-state index contributed by atoms with van der Waals surface area (Å²) in [4.78, 5) is 9.28. The van der Waals surface area contributed by atoms with Crippen molar-refractivity contribution in [3.05, 3.63) is 17.8 Å². The van der Waals surface area contributed by atoms with Gasteiger partial charge in [0, 0.05) is 6.54 Å². The molecule has 1 atom stereocenters. The Bertz CT molecular complexity index is 443. The number of aliphatic hydroxyl groups is 1. The fraction of sp³-hybridized carbons (Fsp3) is 0.400. The minimum absolute atomic E-state index is 0.325. The van der Waals surface area contributed by atoms with Crippen LogP contribution in [0.15, 0.2) is 17.8 Å². The smallest absolute Gasteiger partial charge is 0.138 e. The van der Waals surface area contributed by atoms with Crippen molar-refractivity contribution in [3.8, 4) is 0 Å². The number of hydrogen-bond acceptors (Lipinski definition) is 5. The number of aromatic nitrogens is 2. The van der Waals surface area contributed by atoms with Crippen LogP contribution >= 0.6 is 11.3 Å². The van der Waals surface area contributed by atoms with E-state index in [1.165, 1.54) is 0 Å². The molecular formula is C10H13N3OS. The Morgan fingerprint density at radius 1 is 1.53 bits per heavy atom. The quantitative estimate of drug-likeness (QED) is 0.830. The molecule has 1 unspecified atom stereocenters. The number of thiophene rings is 1. The summed E-state index contributed by atoms with van der Waals surface area (Å²) < 4.78 is 0. The second-order valence-corrected chi connectivity index (χ2v) is 4.20. The van der Waals surface area contributed by atoms with Gasteiger partial charge in [-0.2, -0.15) is 0 Å². The second-order valence-electron chi connectivity index (χ2n) is 3.30. The van der Waals surface area contributed by atoms with E-state index >= 15 is 0 Å². The van der Waals surface area contributed by atoms with Crippen molar-refractivity contribution < 1.29 is 5.11 Å². The molecule has 4 nitrogen and oxygen atoms in total. The number of nitrogens with one attached hydrogen (secondary N) is 1. The molecule has 2 N–H and O–H groups in total. The molecule has 0 aliphatic heterocycles. The third-order valence-corrected chi connectivity index (χ3v) is 3.06. The van der Waals surface area contributed by atoms with E-state index in [0.29, 0.717) is 6.54 Å². The molecule has 2 aromatic rings. The van der Waals surface area contributed by atoms with Crippen molar-refractivity contribution in [2.24, 2.45) is 0 Å². The molecule has 0 aromatic carbocycles. The summed E-state index contributed by atoms with van der Waals surface area (Å²) in [6.07, 6.45) is 1.96. The summed E-state index contributed by atoms with van der Waals surface area (Å²) in [5, 5.41) is 15.6. The summed E-state index contributed by atoms with van der Waals surface area (Å²) in [7, 11) is 0. The zero-order chi connectivity index (χ0) is 10.7. The van der Waals surface area contributed by atoms with Gasteiger partial charge in [-0.3, -0.25) is 0 Å². The molecule has 2 rings (SSSR count). The van der Waals surface area contributed by atoms with E-state index in [-0.39, 0.29) is 6.10 Å². The van der Waals surface area contributed by atoms with Crippen molar-refractivity contribution in [2.75, 3.05) is 11.9 Å². The van der Waals surface area contributed by atoms with Gasteiger partial charge in [0.05, 0.1) is 11.5 Å². The van der Waals surface area contributed by atoms with Crippen LogP contribution in [0.2, 0.25) is 0 Å². The molecule has 0 amide bonds. The first-order valence-corrected chi connectivity index (χ1v) is 5.79. The average Bonchev–Trinajstić information content (AvgIpc) is 2.74. The summed E-state index contributed by atoms with van der Waals surface area (Å²) in [5.41, 5.74) is 0. The predicted octanol–water partition coefficient (Wildman–Crippen LogP) is 1.87. The van der Waals surface area contributed by atoms with Crippen molar-refractivity contribution >= 4 is 27.4 Å². The van der Waals surface area contributed by atoms with Crippen molar-refractivity contribution in [3.63, 3.8) is 0 Å². The van der Waals surface area contributed by atoms with E-state index in [1.807, 2.05) is 18.4 Å². The maximum absolute atomic E-state index is 9.44. The summed E-state index contributed by atoms with van der Waals surface area (Å²) in [5.74, 6) is 0.800. The highest BCUT2D eigenvalue weighted by Crippen LogP contribution is 2.23. The van der Waals surface area contributed by atoms with E-state index in [1.54, 1.807) is 17.7 Å². The van der Waals surface area contributed by atoms with Gasteiger partial charge in [0.1, 0.15) is 17.0 Å². The first-order chi connectivity index (χ1) is 7.31. The van der Waals surface area contributed by atoms with Crippen LogP contribution in [0.4, 0.5) is 5.82 Å². The lowest BCUT2D eigenvalue weighted by atomic mass is 10.3. The lowest BCUT2D eigenvalue weighted by Crippen LogP contribution is -2.18. The van der Waals surface area contributed by atoms with Crippen molar-refractivity contribution in [2.45, 2.75) is 19.4 Å². The molecule has 0 spiro atoms. The fourth-order valence-electron chi connectivity index (χ4n) is 1.29. The highest BCUT2D eigenvalue weighted by atomic mass is 32.1. The van der Waals surface area contributed by atoms with E-state index in [2.05, 4.69) is 15.3 Å². The van der Waals surface area contributed by atoms with E-state index in [0.717, 1.165) is 22.5 Å². The summed E-state index contributed by atoms with van der Waals surface area (Å²) in [6.45, 7) is 2.48. The number of aliphatic hydroxyl groups excluding tert-OH is 1. The highest BCUT2D eigenvalue weighted by Gasteiger charge is 2.05. The normalized spacial score (nSPS) is 12.9. The topological polar surface area (TPSA) is 58.0 Å². The molecule has 0 saturated carbocycles. The van der Waals surface area contributed by atoms with Gasteiger partial charge in [0.2, 0.25) is 0 Å². The van der Waals surface area contributed by atoms with Gasteiger partial charge in [-0.05, 0) is 17.9 Å². The Morgan fingerprint density at radius 2 is 2.40 bits per heavy atom. The van der Waals surface area contributed by atoms with Gasteiger partial charge in [-0.1, -0.05) is 6.92 Å². The van der Waals surface area contributed by atoms with Crippen molar-refractivity contribution in [1.29, 1.82) is 0 Å². The van der Waals surface area contributed by atoms with Gasteiger partial charge >= 0.3 is 0 Å². The van der Waals surface area contributed by atoms with Crippen LogP contribution in [-0.4, -0.2) is 27.7 Å². The molecular weight excluding hydrogens is 210 g/mol. The van der Waals surface area contributed by atoms with Crippen LogP contribution in [-0.2, 0) is 0 Å².